The van der Waals surface area contributed by atoms with Crippen molar-refractivity contribution in [2.24, 2.45) is 5.92 Å². The molecule has 2 aliphatic heterocycles. The van der Waals surface area contributed by atoms with Crippen molar-refractivity contribution in [3.8, 4) is 0 Å². The van der Waals surface area contributed by atoms with Gasteiger partial charge in [0.15, 0.2) is 0 Å². The summed E-state index contributed by atoms with van der Waals surface area (Å²) >= 11 is 0. The number of morpholine rings is 1. The van der Waals surface area contributed by atoms with Crippen LogP contribution in [0.5, 0.6) is 0 Å². The van der Waals surface area contributed by atoms with Gasteiger partial charge < -0.3 is 24.6 Å². The van der Waals surface area contributed by atoms with Crippen molar-refractivity contribution in [2.75, 3.05) is 61.6 Å². The second-order valence-corrected chi connectivity index (χ2v) is 8.91. The van der Waals surface area contributed by atoms with E-state index in [4.69, 9.17) is 9.47 Å². The minimum absolute atomic E-state index is 0.0936. The van der Waals surface area contributed by atoms with E-state index in [0.717, 1.165) is 31.6 Å². The number of hydrogen-bond acceptors (Lipinski definition) is 8. The predicted molar refractivity (Wildman–Crippen MR) is 132 cm³/mol. The van der Waals surface area contributed by atoms with E-state index < -0.39 is 16.8 Å². The first-order valence-corrected chi connectivity index (χ1v) is 11.8. The number of amides is 1. The lowest BCUT2D eigenvalue weighted by Gasteiger charge is -2.32. The van der Waals surface area contributed by atoms with E-state index in [9.17, 15) is 19.7 Å². The molecule has 0 unspecified atom stereocenters. The SMILES string of the molecule is COC(=O)c1ccc(N2CCOCC2)c(NC(=O)c2ccc(N3CCC(C)CC3)c([N+](=O)[O-])c2)c1. The van der Waals surface area contributed by atoms with Crippen molar-refractivity contribution in [1.29, 1.82) is 0 Å². The molecule has 0 saturated carbocycles. The minimum Gasteiger partial charge on any atom is -0.465 e. The number of nitrogens with one attached hydrogen (secondary N) is 1. The molecule has 2 fully saturated rings. The first-order valence-electron chi connectivity index (χ1n) is 11.8. The smallest absolute Gasteiger partial charge is 0.337 e. The number of hydrogen-bond donors (Lipinski definition) is 1. The molecule has 4 rings (SSSR count). The number of nitro groups is 1. The van der Waals surface area contributed by atoms with Crippen LogP contribution in [-0.4, -0.2) is 63.3 Å². The number of anilines is 3. The molecule has 0 spiro atoms. The van der Waals surface area contributed by atoms with Crippen LogP contribution in [-0.2, 0) is 9.47 Å². The molecule has 1 amide bonds. The zero-order chi connectivity index (χ0) is 24.9. The maximum absolute atomic E-state index is 13.2. The molecule has 186 valence electrons. The average Bonchev–Trinajstić information content (AvgIpc) is 2.88. The van der Waals surface area contributed by atoms with Gasteiger partial charge in [0, 0.05) is 37.8 Å². The summed E-state index contributed by atoms with van der Waals surface area (Å²) in [4.78, 5) is 40.8. The molecule has 0 bridgehead atoms. The molecule has 1 N–H and O–H groups in total. The molecule has 2 saturated heterocycles. The van der Waals surface area contributed by atoms with E-state index in [-0.39, 0.29) is 11.3 Å². The topological polar surface area (TPSA) is 114 Å². The quantitative estimate of drug-likeness (QED) is 0.377. The molecule has 10 heteroatoms. The van der Waals surface area contributed by atoms with E-state index in [0.29, 0.717) is 49.2 Å². The van der Waals surface area contributed by atoms with Gasteiger partial charge >= 0.3 is 5.97 Å². The molecule has 2 aromatic carbocycles. The number of carbonyl (C=O) groups excluding carboxylic acids is 2. The molecule has 0 aliphatic carbocycles. The van der Waals surface area contributed by atoms with Crippen LogP contribution in [0, 0.1) is 16.0 Å². The van der Waals surface area contributed by atoms with Gasteiger partial charge in [0.05, 0.1) is 42.2 Å². The van der Waals surface area contributed by atoms with Gasteiger partial charge in [0.1, 0.15) is 5.69 Å². The summed E-state index contributed by atoms with van der Waals surface area (Å²) < 4.78 is 10.2. The summed E-state index contributed by atoms with van der Waals surface area (Å²) in [5.41, 5.74) is 2.06. The van der Waals surface area contributed by atoms with Gasteiger partial charge in [-0.05, 0) is 49.1 Å². The zero-order valence-electron chi connectivity index (χ0n) is 20.0. The lowest BCUT2D eigenvalue weighted by atomic mass is 9.98. The molecule has 2 aliphatic rings. The van der Waals surface area contributed by atoms with Crippen molar-refractivity contribution in [1.82, 2.24) is 0 Å². The molecular formula is C25H30N4O6. The number of ether oxygens (including phenoxy) is 2. The highest BCUT2D eigenvalue weighted by Gasteiger charge is 2.25. The molecule has 0 radical (unpaired) electrons. The van der Waals surface area contributed by atoms with Crippen LogP contribution in [0.25, 0.3) is 0 Å². The number of carbonyl (C=O) groups is 2. The number of methoxy groups -OCH3 is 1. The van der Waals surface area contributed by atoms with Gasteiger partial charge in [-0.25, -0.2) is 4.79 Å². The second kappa shape index (κ2) is 10.7. The van der Waals surface area contributed by atoms with Crippen LogP contribution in [0.3, 0.4) is 0 Å². The maximum atomic E-state index is 13.2. The van der Waals surface area contributed by atoms with E-state index >= 15 is 0 Å². The van der Waals surface area contributed by atoms with Crippen molar-refractivity contribution < 1.29 is 24.0 Å². The van der Waals surface area contributed by atoms with Gasteiger partial charge in [0.25, 0.3) is 11.6 Å². The Labute approximate surface area is 203 Å². The number of nitrogens with zero attached hydrogens (tertiary/aromatic N) is 3. The van der Waals surface area contributed by atoms with Crippen molar-refractivity contribution >= 4 is 34.6 Å². The summed E-state index contributed by atoms with van der Waals surface area (Å²) in [7, 11) is 1.29. The predicted octanol–water partition coefficient (Wildman–Crippen LogP) is 3.71. The number of nitro benzene ring substituents is 1. The highest BCUT2D eigenvalue weighted by atomic mass is 16.6. The van der Waals surface area contributed by atoms with Crippen LogP contribution >= 0.6 is 0 Å². The zero-order valence-corrected chi connectivity index (χ0v) is 20.0. The molecule has 10 nitrogen and oxygen atoms in total. The fourth-order valence-corrected chi connectivity index (χ4v) is 4.48. The Kier molecular flexibility index (Phi) is 7.50. The normalized spacial score (nSPS) is 16.6. The van der Waals surface area contributed by atoms with Crippen molar-refractivity contribution in [2.45, 2.75) is 19.8 Å². The Balaban J connectivity index is 1.62. The lowest BCUT2D eigenvalue weighted by molar-refractivity contribution is -0.384. The number of benzene rings is 2. The Morgan fingerprint density at radius 1 is 1.00 bits per heavy atom. The highest BCUT2D eigenvalue weighted by molar-refractivity contribution is 6.07. The molecule has 35 heavy (non-hydrogen) atoms. The van der Waals surface area contributed by atoms with Crippen LogP contribution in [0.2, 0.25) is 0 Å². The number of piperidine rings is 1. The molecule has 2 aromatic rings. The summed E-state index contributed by atoms with van der Waals surface area (Å²) in [6, 6.07) is 9.54. The van der Waals surface area contributed by atoms with Gasteiger partial charge in [-0.2, -0.15) is 0 Å². The largest absolute Gasteiger partial charge is 0.465 e. The van der Waals surface area contributed by atoms with Crippen LogP contribution < -0.4 is 15.1 Å². The molecule has 0 atom stereocenters. The summed E-state index contributed by atoms with van der Waals surface area (Å²) in [5.74, 6) is -0.426. The summed E-state index contributed by atoms with van der Waals surface area (Å²) in [6.45, 7) is 6.04. The fraction of sp³-hybridized carbons (Fsp3) is 0.440. The van der Waals surface area contributed by atoms with E-state index in [1.54, 1.807) is 30.3 Å². The molecule has 0 aromatic heterocycles. The molecule has 2 heterocycles. The summed E-state index contributed by atoms with van der Waals surface area (Å²) in [5, 5.41) is 14.7. The highest BCUT2D eigenvalue weighted by Crippen LogP contribution is 2.33. The average molecular weight is 483 g/mol. The Morgan fingerprint density at radius 3 is 2.29 bits per heavy atom. The van der Waals surface area contributed by atoms with Crippen molar-refractivity contribution in [3.05, 3.63) is 57.6 Å². The van der Waals surface area contributed by atoms with Gasteiger partial charge in [-0.15, -0.1) is 0 Å². The Bertz CT molecular complexity index is 1110. The first-order chi connectivity index (χ1) is 16.9. The Hall–Kier alpha value is -3.66. The Morgan fingerprint density at radius 2 is 1.63 bits per heavy atom. The first kappa shape index (κ1) is 24.5. The van der Waals surface area contributed by atoms with Crippen LogP contribution in [0.1, 0.15) is 40.5 Å². The third-order valence-electron chi connectivity index (χ3n) is 6.58. The number of rotatable bonds is 6. The van der Waals surface area contributed by atoms with Gasteiger partial charge in [-0.1, -0.05) is 6.92 Å². The maximum Gasteiger partial charge on any atom is 0.337 e. The van der Waals surface area contributed by atoms with Crippen LogP contribution in [0.4, 0.5) is 22.7 Å². The van der Waals surface area contributed by atoms with Gasteiger partial charge in [0.2, 0.25) is 0 Å². The van der Waals surface area contributed by atoms with E-state index in [2.05, 4.69) is 17.1 Å². The minimum atomic E-state index is -0.523. The van der Waals surface area contributed by atoms with Crippen LogP contribution in [0.15, 0.2) is 36.4 Å². The van der Waals surface area contributed by atoms with Crippen molar-refractivity contribution in [3.63, 3.8) is 0 Å². The second-order valence-electron chi connectivity index (χ2n) is 8.91. The molecular weight excluding hydrogens is 452 g/mol. The summed E-state index contributed by atoms with van der Waals surface area (Å²) in [6.07, 6.45) is 1.94. The fourth-order valence-electron chi connectivity index (χ4n) is 4.48. The monoisotopic (exact) mass is 482 g/mol. The number of esters is 1. The standard InChI is InChI=1S/C25H30N4O6/c1-17-7-9-27(10-8-17)22-6-3-18(16-23(22)29(32)33)24(30)26-20-15-19(25(31)34-2)4-5-21(20)28-11-13-35-14-12-28/h3-6,15-17H,7-14H2,1-2H3,(H,26,30). The van der Waals surface area contributed by atoms with E-state index in [1.807, 2.05) is 4.90 Å². The third kappa shape index (κ3) is 5.54. The van der Waals surface area contributed by atoms with E-state index in [1.165, 1.54) is 13.2 Å². The lowest BCUT2D eigenvalue weighted by Crippen LogP contribution is -2.36. The third-order valence-corrected chi connectivity index (χ3v) is 6.58. The van der Waals surface area contributed by atoms with Gasteiger partial charge in [-0.3, -0.25) is 14.9 Å².